The zero-order chi connectivity index (χ0) is 15.0. The van der Waals surface area contributed by atoms with Gasteiger partial charge in [0.2, 0.25) is 0 Å². The molecule has 0 radical (unpaired) electrons. The Morgan fingerprint density at radius 2 is 2.14 bits per heavy atom. The van der Waals surface area contributed by atoms with Crippen molar-refractivity contribution in [3.05, 3.63) is 40.4 Å². The molecule has 1 aromatic carbocycles. The molecular formula is C16H18N2O3. The highest BCUT2D eigenvalue weighted by molar-refractivity contribution is 5.77. The topological polar surface area (TPSA) is 72.2 Å². The Bertz CT molecular complexity index is 747. The third kappa shape index (κ3) is 2.68. The van der Waals surface area contributed by atoms with Gasteiger partial charge >= 0.3 is 5.97 Å². The van der Waals surface area contributed by atoms with E-state index >= 15 is 0 Å². The second kappa shape index (κ2) is 5.31. The minimum Gasteiger partial charge on any atom is -0.481 e. The quantitative estimate of drug-likeness (QED) is 0.916. The number of aliphatic carboxylic acids is 1. The molecule has 0 amide bonds. The summed E-state index contributed by atoms with van der Waals surface area (Å²) in [6.45, 7) is 2.03. The monoisotopic (exact) mass is 286 g/mol. The number of carboxylic acids is 1. The SMILES string of the molecule is CC(C1CC1)n1c(CCC(=O)O)nc2ccccc2c1=O. The number of benzene rings is 1. The molecule has 1 atom stereocenters. The maximum atomic E-state index is 12.7. The number of hydrogen-bond acceptors (Lipinski definition) is 3. The molecule has 1 fully saturated rings. The van der Waals surface area contributed by atoms with Crippen LogP contribution in [0, 0.1) is 5.92 Å². The summed E-state index contributed by atoms with van der Waals surface area (Å²) in [7, 11) is 0. The molecule has 110 valence electrons. The molecule has 0 bridgehead atoms. The van der Waals surface area contributed by atoms with Gasteiger partial charge < -0.3 is 5.11 Å². The Balaban J connectivity index is 2.14. The number of aryl methyl sites for hydroxylation is 1. The Morgan fingerprint density at radius 1 is 1.43 bits per heavy atom. The van der Waals surface area contributed by atoms with Gasteiger partial charge in [-0.25, -0.2) is 4.98 Å². The summed E-state index contributed by atoms with van der Waals surface area (Å²) in [5.41, 5.74) is 0.586. The van der Waals surface area contributed by atoms with Crippen LogP contribution in [0.5, 0.6) is 0 Å². The first-order chi connectivity index (χ1) is 10.1. The van der Waals surface area contributed by atoms with E-state index in [1.807, 2.05) is 19.1 Å². The third-order valence-corrected chi connectivity index (χ3v) is 4.15. The first-order valence-electron chi connectivity index (χ1n) is 7.30. The van der Waals surface area contributed by atoms with Crippen LogP contribution in [0.4, 0.5) is 0 Å². The molecule has 5 nitrogen and oxygen atoms in total. The van der Waals surface area contributed by atoms with E-state index in [1.165, 1.54) is 0 Å². The summed E-state index contributed by atoms with van der Waals surface area (Å²) in [6.07, 6.45) is 2.52. The molecular weight excluding hydrogens is 268 g/mol. The molecule has 1 unspecified atom stereocenters. The summed E-state index contributed by atoms with van der Waals surface area (Å²) < 4.78 is 1.71. The van der Waals surface area contributed by atoms with Crippen LogP contribution in [0.15, 0.2) is 29.1 Å². The van der Waals surface area contributed by atoms with Crippen LogP contribution in [0.25, 0.3) is 10.9 Å². The summed E-state index contributed by atoms with van der Waals surface area (Å²) in [5, 5.41) is 9.49. The normalized spacial score (nSPS) is 16.0. The van der Waals surface area contributed by atoms with Gasteiger partial charge in [0.05, 0.1) is 17.3 Å². The zero-order valence-corrected chi connectivity index (χ0v) is 12.0. The average Bonchev–Trinajstić information content (AvgIpc) is 3.29. The first kappa shape index (κ1) is 13.8. The molecule has 1 aromatic heterocycles. The number of hydrogen-bond donors (Lipinski definition) is 1. The second-order valence-electron chi connectivity index (χ2n) is 5.69. The molecule has 1 aliphatic rings. The van der Waals surface area contributed by atoms with E-state index in [0.717, 1.165) is 12.8 Å². The lowest BCUT2D eigenvalue weighted by atomic mass is 10.1. The summed E-state index contributed by atoms with van der Waals surface area (Å²) in [4.78, 5) is 28.1. The fourth-order valence-corrected chi connectivity index (χ4v) is 2.80. The molecule has 0 aliphatic heterocycles. The Hall–Kier alpha value is -2.17. The number of carboxylic acid groups (broad SMARTS) is 1. The van der Waals surface area contributed by atoms with Crippen molar-refractivity contribution in [2.75, 3.05) is 0 Å². The van der Waals surface area contributed by atoms with E-state index in [0.29, 0.717) is 22.6 Å². The van der Waals surface area contributed by atoms with Crippen molar-refractivity contribution in [1.29, 1.82) is 0 Å². The van der Waals surface area contributed by atoms with Crippen LogP contribution in [0.3, 0.4) is 0 Å². The molecule has 2 aromatic rings. The molecule has 1 heterocycles. The lowest BCUT2D eigenvalue weighted by Gasteiger charge is -2.19. The van der Waals surface area contributed by atoms with E-state index in [-0.39, 0.29) is 24.4 Å². The van der Waals surface area contributed by atoms with Crippen molar-refractivity contribution in [1.82, 2.24) is 9.55 Å². The van der Waals surface area contributed by atoms with Crippen LogP contribution in [0.1, 0.15) is 38.1 Å². The second-order valence-corrected chi connectivity index (χ2v) is 5.69. The van der Waals surface area contributed by atoms with Crippen molar-refractivity contribution in [2.24, 2.45) is 5.92 Å². The number of carbonyl (C=O) groups is 1. The van der Waals surface area contributed by atoms with Crippen molar-refractivity contribution in [3.63, 3.8) is 0 Å². The highest BCUT2D eigenvalue weighted by atomic mass is 16.4. The number of aromatic nitrogens is 2. The number of rotatable bonds is 5. The van der Waals surface area contributed by atoms with Crippen LogP contribution < -0.4 is 5.56 Å². The predicted octanol–water partition coefficient (Wildman–Crippen LogP) is 2.38. The zero-order valence-electron chi connectivity index (χ0n) is 12.0. The van der Waals surface area contributed by atoms with Crippen LogP contribution in [-0.4, -0.2) is 20.6 Å². The molecule has 3 rings (SSSR count). The molecule has 21 heavy (non-hydrogen) atoms. The van der Waals surface area contributed by atoms with Gasteiger partial charge in [-0.15, -0.1) is 0 Å². The Labute approximate surface area is 122 Å². The maximum absolute atomic E-state index is 12.7. The molecule has 0 spiro atoms. The van der Waals surface area contributed by atoms with Gasteiger partial charge in [-0.3, -0.25) is 14.2 Å². The van der Waals surface area contributed by atoms with Gasteiger partial charge in [0.25, 0.3) is 5.56 Å². The summed E-state index contributed by atoms with van der Waals surface area (Å²) >= 11 is 0. The molecule has 1 N–H and O–H groups in total. The highest BCUT2D eigenvalue weighted by Crippen LogP contribution is 2.39. The van der Waals surface area contributed by atoms with Crippen LogP contribution in [0.2, 0.25) is 0 Å². The number of nitrogens with zero attached hydrogens (tertiary/aromatic N) is 2. The maximum Gasteiger partial charge on any atom is 0.303 e. The fourth-order valence-electron chi connectivity index (χ4n) is 2.80. The Kier molecular flexibility index (Phi) is 3.49. The highest BCUT2D eigenvalue weighted by Gasteiger charge is 2.31. The Morgan fingerprint density at radius 3 is 2.81 bits per heavy atom. The fraction of sp³-hybridized carbons (Fsp3) is 0.438. The van der Waals surface area contributed by atoms with Crippen molar-refractivity contribution >= 4 is 16.9 Å². The largest absolute Gasteiger partial charge is 0.481 e. The standard InChI is InChI=1S/C16H18N2O3/c1-10(11-6-7-11)18-14(8-9-15(19)20)17-13-5-3-2-4-12(13)16(18)21/h2-5,10-11H,6-9H2,1H3,(H,19,20). The van der Waals surface area contributed by atoms with Gasteiger partial charge in [0.15, 0.2) is 0 Å². The van der Waals surface area contributed by atoms with Crippen molar-refractivity contribution in [2.45, 2.75) is 38.6 Å². The molecule has 0 saturated heterocycles. The number of para-hydroxylation sites is 1. The van der Waals surface area contributed by atoms with Gasteiger partial charge in [0.1, 0.15) is 5.82 Å². The number of fused-ring (bicyclic) bond motifs is 1. The summed E-state index contributed by atoms with van der Waals surface area (Å²) in [5.74, 6) is 0.220. The molecule has 1 aliphatic carbocycles. The van der Waals surface area contributed by atoms with E-state index in [1.54, 1.807) is 16.7 Å². The van der Waals surface area contributed by atoms with Crippen molar-refractivity contribution in [3.8, 4) is 0 Å². The van der Waals surface area contributed by atoms with E-state index < -0.39 is 5.97 Å². The average molecular weight is 286 g/mol. The van der Waals surface area contributed by atoms with Gasteiger partial charge in [-0.2, -0.15) is 0 Å². The van der Waals surface area contributed by atoms with Crippen molar-refractivity contribution < 1.29 is 9.90 Å². The van der Waals surface area contributed by atoms with E-state index in [4.69, 9.17) is 5.11 Å². The lowest BCUT2D eigenvalue weighted by molar-refractivity contribution is -0.137. The molecule has 5 heteroatoms. The lowest BCUT2D eigenvalue weighted by Crippen LogP contribution is -2.29. The van der Waals surface area contributed by atoms with E-state index in [2.05, 4.69) is 4.98 Å². The first-order valence-corrected chi connectivity index (χ1v) is 7.30. The third-order valence-electron chi connectivity index (χ3n) is 4.15. The minimum absolute atomic E-state index is 0.0117. The van der Waals surface area contributed by atoms with Gasteiger partial charge in [-0.05, 0) is 37.8 Å². The van der Waals surface area contributed by atoms with Crippen LogP contribution >= 0.6 is 0 Å². The van der Waals surface area contributed by atoms with Gasteiger partial charge in [-0.1, -0.05) is 12.1 Å². The minimum atomic E-state index is -0.872. The predicted molar refractivity (Wildman–Crippen MR) is 79.4 cm³/mol. The van der Waals surface area contributed by atoms with Gasteiger partial charge in [0, 0.05) is 12.5 Å². The van der Waals surface area contributed by atoms with Crippen LogP contribution in [-0.2, 0) is 11.2 Å². The smallest absolute Gasteiger partial charge is 0.303 e. The molecule has 1 saturated carbocycles. The van der Waals surface area contributed by atoms with E-state index in [9.17, 15) is 9.59 Å². The summed E-state index contributed by atoms with van der Waals surface area (Å²) in [6, 6.07) is 7.33.